The lowest BCUT2D eigenvalue weighted by Gasteiger charge is -2.14. The minimum absolute atomic E-state index is 0.196. The standard InChI is InChI=1S/C26H33N5O/c1-16(2)21-10-12-23(13-11-21)28-26(27-15-24-19(5)30-31(7)20(24)6)29-25(32)22-9-8-17(3)18(4)14-22/h8-14,16H,15H2,1-7H3,(H2,27,28,29,32). The number of aryl methyl sites for hydroxylation is 4. The van der Waals surface area contributed by atoms with Gasteiger partial charge in [-0.1, -0.05) is 32.0 Å². The first-order valence-corrected chi connectivity index (χ1v) is 10.9. The van der Waals surface area contributed by atoms with E-state index in [9.17, 15) is 4.79 Å². The van der Waals surface area contributed by atoms with E-state index in [4.69, 9.17) is 4.99 Å². The van der Waals surface area contributed by atoms with Crippen LogP contribution in [0.5, 0.6) is 0 Å². The van der Waals surface area contributed by atoms with E-state index in [0.717, 1.165) is 33.8 Å². The molecule has 32 heavy (non-hydrogen) atoms. The van der Waals surface area contributed by atoms with Gasteiger partial charge in [-0.3, -0.25) is 14.8 Å². The number of nitrogens with one attached hydrogen (secondary N) is 2. The third-order valence-electron chi connectivity index (χ3n) is 5.90. The SMILES string of the molecule is Cc1ccc(C(=O)NC(=NCc2c(C)nn(C)c2C)Nc2ccc(C(C)C)cc2)cc1C. The number of guanidine groups is 1. The molecule has 6 nitrogen and oxygen atoms in total. The molecule has 2 aromatic carbocycles. The van der Waals surface area contributed by atoms with Crippen molar-refractivity contribution in [3.05, 3.63) is 81.7 Å². The van der Waals surface area contributed by atoms with Crippen molar-refractivity contribution >= 4 is 17.6 Å². The van der Waals surface area contributed by atoms with Crippen molar-refractivity contribution in [3.63, 3.8) is 0 Å². The highest BCUT2D eigenvalue weighted by Gasteiger charge is 2.13. The van der Waals surface area contributed by atoms with E-state index in [1.807, 2.05) is 69.8 Å². The molecule has 0 atom stereocenters. The van der Waals surface area contributed by atoms with Crippen molar-refractivity contribution in [1.82, 2.24) is 15.1 Å². The van der Waals surface area contributed by atoms with Crippen molar-refractivity contribution in [2.75, 3.05) is 5.32 Å². The second-order valence-electron chi connectivity index (χ2n) is 8.59. The van der Waals surface area contributed by atoms with E-state index in [1.165, 1.54) is 5.56 Å². The molecule has 0 bridgehead atoms. The second kappa shape index (κ2) is 9.81. The van der Waals surface area contributed by atoms with Crippen LogP contribution in [-0.2, 0) is 13.6 Å². The highest BCUT2D eigenvalue weighted by molar-refractivity contribution is 6.10. The summed E-state index contributed by atoms with van der Waals surface area (Å²) in [6, 6.07) is 13.9. The molecular weight excluding hydrogens is 398 g/mol. The first kappa shape index (κ1) is 23.3. The molecule has 1 heterocycles. The number of aromatic nitrogens is 2. The molecule has 3 rings (SSSR count). The Labute approximate surface area is 190 Å². The van der Waals surface area contributed by atoms with Gasteiger partial charge in [-0.05, 0) is 74.6 Å². The Balaban J connectivity index is 1.87. The topological polar surface area (TPSA) is 71.3 Å². The van der Waals surface area contributed by atoms with Crippen LogP contribution in [0.3, 0.4) is 0 Å². The summed E-state index contributed by atoms with van der Waals surface area (Å²) >= 11 is 0. The Hall–Kier alpha value is -3.41. The number of hydrogen-bond acceptors (Lipinski definition) is 3. The van der Waals surface area contributed by atoms with E-state index in [-0.39, 0.29) is 5.91 Å². The number of amides is 1. The molecule has 0 unspecified atom stereocenters. The number of aliphatic imine (C=N–C) groups is 1. The molecule has 3 aromatic rings. The van der Waals surface area contributed by atoms with Gasteiger partial charge in [-0.25, -0.2) is 4.99 Å². The van der Waals surface area contributed by atoms with Crippen LogP contribution in [0.15, 0.2) is 47.5 Å². The average molecular weight is 432 g/mol. The first-order chi connectivity index (χ1) is 15.2. The molecule has 0 saturated heterocycles. The number of hydrogen-bond donors (Lipinski definition) is 2. The van der Waals surface area contributed by atoms with Crippen molar-refractivity contribution in [2.24, 2.45) is 12.0 Å². The highest BCUT2D eigenvalue weighted by Crippen LogP contribution is 2.18. The van der Waals surface area contributed by atoms with Crippen LogP contribution in [0.1, 0.15) is 63.8 Å². The molecule has 0 fully saturated rings. The Morgan fingerprint density at radius 2 is 1.72 bits per heavy atom. The third kappa shape index (κ3) is 5.44. The smallest absolute Gasteiger partial charge is 0.257 e. The zero-order valence-electron chi connectivity index (χ0n) is 20.1. The van der Waals surface area contributed by atoms with Crippen molar-refractivity contribution in [3.8, 4) is 0 Å². The highest BCUT2D eigenvalue weighted by atomic mass is 16.1. The quantitative estimate of drug-likeness (QED) is 0.432. The predicted molar refractivity (Wildman–Crippen MR) is 131 cm³/mol. The van der Waals surface area contributed by atoms with Gasteiger partial charge in [0.15, 0.2) is 0 Å². The maximum Gasteiger partial charge on any atom is 0.257 e. The molecule has 0 aliphatic heterocycles. The summed E-state index contributed by atoms with van der Waals surface area (Å²) in [6.07, 6.45) is 0. The van der Waals surface area contributed by atoms with Gasteiger partial charge in [0.25, 0.3) is 5.91 Å². The molecule has 0 aliphatic carbocycles. The summed E-state index contributed by atoms with van der Waals surface area (Å²) < 4.78 is 1.85. The molecule has 2 N–H and O–H groups in total. The number of carbonyl (C=O) groups excluding carboxylic acids is 1. The van der Waals surface area contributed by atoms with Gasteiger partial charge in [0, 0.05) is 29.6 Å². The van der Waals surface area contributed by atoms with Gasteiger partial charge in [0.2, 0.25) is 5.96 Å². The fraction of sp³-hybridized carbons (Fsp3) is 0.346. The van der Waals surface area contributed by atoms with Gasteiger partial charge in [0.1, 0.15) is 0 Å². The summed E-state index contributed by atoms with van der Waals surface area (Å²) in [5, 5.41) is 10.7. The summed E-state index contributed by atoms with van der Waals surface area (Å²) in [5.41, 5.74) is 8.02. The molecule has 0 aliphatic rings. The Kier molecular flexibility index (Phi) is 7.13. The molecule has 1 amide bonds. The minimum atomic E-state index is -0.196. The fourth-order valence-electron chi connectivity index (χ4n) is 3.47. The third-order valence-corrected chi connectivity index (χ3v) is 5.90. The number of benzene rings is 2. The van der Waals surface area contributed by atoms with Crippen LogP contribution in [0, 0.1) is 27.7 Å². The van der Waals surface area contributed by atoms with Gasteiger partial charge >= 0.3 is 0 Å². The summed E-state index contributed by atoms with van der Waals surface area (Å²) in [5.74, 6) is 0.671. The van der Waals surface area contributed by atoms with Gasteiger partial charge in [0.05, 0.1) is 12.2 Å². The monoisotopic (exact) mass is 431 g/mol. The lowest BCUT2D eigenvalue weighted by Crippen LogP contribution is -2.36. The van der Waals surface area contributed by atoms with Crippen molar-refractivity contribution < 1.29 is 4.79 Å². The fourth-order valence-corrected chi connectivity index (χ4v) is 3.47. The zero-order chi connectivity index (χ0) is 23.4. The van der Waals surface area contributed by atoms with Crippen molar-refractivity contribution in [1.29, 1.82) is 0 Å². The summed E-state index contributed by atoms with van der Waals surface area (Å²) in [4.78, 5) is 17.7. The average Bonchev–Trinajstić information content (AvgIpc) is 2.99. The molecule has 0 saturated carbocycles. The Morgan fingerprint density at radius 3 is 2.28 bits per heavy atom. The van der Waals surface area contributed by atoms with Gasteiger partial charge in [-0.15, -0.1) is 0 Å². The van der Waals surface area contributed by atoms with E-state index in [1.54, 1.807) is 0 Å². The van der Waals surface area contributed by atoms with Gasteiger partial charge < -0.3 is 5.32 Å². The van der Waals surface area contributed by atoms with Crippen LogP contribution in [0.2, 0.25) is 0 Å². The zero-order valence-corrected chi connectivity index (χ0v) is 20.1. The Bertz CT molecular complexity index is 1140. The van der Waals surface area contributed by atoms with Gasteiger partial charge in [-0.2, -0.15) is 5.10 Å². The van der Waals surface area contributed by atoms with E-state index >= 15 is 0 Å². The van der Waals surface area contributed by atoms with E-state index in [0.29, 0.717) is 24.0 Å². The molecule has 168 valence electrons. The maximum absolute atomic E-state index is 13.0. The van der Waals surface area contributed by atoms with Crippen LogP contribution in [0.4, 0.5) is 5.69 Å². The number of carbonyl (C=O) groups is 1. The maximum atomic E-state index is 13.0. The van der Waals surface area contributed by atoms with E-state index < -0.39 is 0 Å². The summed E-state index contributed by atoms with van der Waals surface area (Å²) in [7, 11) is 1.92. The first-order valence-electron chi connectivity index (χ1n) is 10.9. The van der Waals surface area contributed by atoms with Crippen LogP contribution in [-0.4, -0.2) is 21.6 Å². The molecule has 0 radical (unpaired) electrons. The minimum Gasteiger partial charge on any atom is -0.326 e. The number of nitrogens with zero attached hydrogens (tertiary/aromatic N) is 3. The number of anilines is 1. The van der Waals surface area contributed by atoms with Crippen LogP contribution in [0.25, 0.3) is 0 Å². The van der Waals surface area contributed by atoms with Crippen LogP contribution >= 0.6 is 0 Å². The summed E-state index contributed by atoms with van der Waals surface area (Å²) in [6.45, 7) is 12.8. The molecule has 6 heteroatoms. The van der Waals surface area contributed by atoms with E-state index in [2.05, 4.69) is 41.7 Å². The Morgan fingerprint density at radius 1 is 1.03 bits per heavy atom. The lowest BCUT2D eigenvalue weighted by atomic mass is 10.0. The molecule has 1 aromatic heterocycles. The van der Waals surface area contributed by atoms with Crippen molar-refractivity contribution in [2.45, 2.75) is 54.0 Å². The largest absolute Gasteiger partial charge is 0.326 e. The van der Waals surface area contributed by atoms with Crippen LogP contribution < -0.4 is 10.6 Å². The molecular formula is C26H33N5O. The predicted octanol–water partition coefficient (Wildman–Crippen LogP) is 5.18. The number of rotatable bonds is 5. The lowest BCUT2D eigenvalue weighted by molar-refractivity contribution is 0.0977. The molecule has 0 spiro atoms. The normalized spacial score (nSPS) is 11.7. The second-order valence-corrected chi connectivity index (χ2v) is 8.59.